The van der Waals surface area contributed by atoms with Gasteiger partial charge in [-0.25, -0.2) is 0 Å². The van der Waals surface area contributed by atoms with Crippen LogP contribution in [0.1, 0.15) is 18.2 Å². The van der Waals surface area contributed by atoms with Crippen LogP contribution in [0.25, 0.3) is 10.4 Å². The number of aliphatic carboxylic acids is 1. The first kappa shape index (κ1) is 16.0. The second kappa shape index (κ2) is 7.59. The van der Waals surface area contributed by atoms with E-state index in [4.69, 9.17) is 16.7 Å². The Morgan fingerprint density at radius 1 is 1.33 bits per heavy atom. The van der Waals surface area contributed by atoms with Crippen molar-refractivity contribution in [1.29, 1.82) is 0 Å². The Balaban J connectivity index is 2.10. The zero-order valence-corrected chi connectivity index (χ0v) is 13.5. The van der Waals surface area contributed by atoms with E-state index in [9.17, 15) is 4.79 Å². The molecule has 0 aliphatic carbocycles. The molecule has 0 fully saturated rings. The van der Waals surface area contributed by atoms with E-state index in [1.807, 2.05) is 29.2 Å². The van der Waals surface area contributed by atoms with Gasteiger partial charge in [0, 0.05) is 21.3 Å². The zero-order chi connectivity index (χ0) is 15.2. The van der Waals surface area contributed by atoms with E-state index in [0.717, 1.165) is 28.4 Å². The summed E-state index contributed by atoms with van der Waals surface area (Å²) in [4.78, 5) is 15.2. The topological polar surface area (TPSA) is 40.5 Å². The van der Waals surface area contributed by atoms with Gasteiger partial charge in [0.15, 0.2) is 0 Å². The molecule has 0 saturated carbocycles. The largest absolute Gasteiger partial charge is 0.480 e. The van der Waals surface area contributed by atoms with Gasteiger partial charge in [0.05, 0.1) is 6.54 Å². The smallest absolute Gasteiger partial charge is 0.317 e. The third kappa shape index (κ3) is 4.84. The molecule has 1 aromatic carbocycles. The highest BCUT2D eigenvalue weighted by atomic mass is 35.5. The van der Waals surface area contributed by atoms with Gasteiger partial charge in [0.25, 0.3) is 0 Å². The third-order valence-electron chi connectivity index (χ3n) is 3.05. The molecule has 5 heteroatoms. The summed E-state index contributed by atoms with van der Waals surface area (Å²) in [6.07, 6.45) is 0.944. The van der Waals surface area contributed by atoms with Crippen LogP contribution in [0.4, 0.5) is 0 Å². The lowest BCUT2D eigenvalue weighted by Crippen LogP contribution is -2.29. The highest BCUT2D eigenvalue weighted by Crippen LogP contribution is 2.30. The Morgan fingerprint density at radius 2 is 2.14 bits per heavy atom. The van der Waals surface area contributed by atoms with Crippen molar-refractivity contribution < 1.29 is 9.90 Å². The number of nitrogens with zero attached hydrogens (tertiary/aromatic N) is 1. The minimum atomic E-state index is -0.782. The molecular weight excluding hydrogens is 306 g/mol. The quantitative estimate of drug-likeness (QED) is 0.822. The van der Waals surface area contributed by atoms with E-state index in [1.54, 1.807) is 11.3 Å². The van der Waals surface area contributed by atoms with E-state index in [0.29, 0.717) is 6.54 Å². The predicted octanol–water partition coefficient (Wildman–Crippen LogP) is 4.37. The summed E-state index contributed by atoms with van der Waals surface area (Å²) in [7, 11) is 0. The first-order chi connectivity index (χ1) is 10.1. The number of hydrogen-bond acceptors (Lipinski definition) is 3. The maximum absolute atomic E-state index is 10.9. The van der Waals surface area contributed by atoms with Crippen LogP contribution >= 0.6 is 22.9 Å². The van der Waals surface area contributed by atoms with Crippen molar-refractivity contribution in [3.63, 3.8) is 0 Å². The van der Waals surface area contributed by atoms with Gasteiger partial charge < -0.3 is 5.11 Å². The lowest BCUT2D eigenvalue weighted by molar-refractivity contribution is -0.138. The number of benzene rings is 1. The molecule has 112 valence electrons. The van der Waals surface area contributed by atoms with E-state index in [2.05, 4.69) is 19.1 Å². The van der Waals surface area contributed by atoms with Crippen LogP contribution in [-0.4, -0.2) is 29.1 Å². The first-order valence-electron chi connectivity index (χ1n) is 6.87. The predicted molar refractivity (Wildman–Crippen MR) is 88.0 cm³/mol. The monoisotopic (exact) mass is 323 g/mol. The molecule has 2 rings (SSSR count). The van der Waals surface area contributed by atoms with Gasteiger partial charge in [-0.2, -0.15) is 0 Å². The molecule has 0 atom stereocenters. The Labute approximate surface area is 133 Å². The van der Waals surface area contributed by atoms with Crippen molar-refractivity contribution in [2.24, 2.45) is 0 Å². The van der Waals surface area contributed by atoms with Crippen molar-refractivity contribution >= 4 is 28.9 Å². The fourth-order valence-corrected chi connectivity index (χ4v) is 3.44. The molecule has 0 bridgehead atoms. The first-order valence-corrected chi connectivity index (χ1v) is 8.06. The van der Waals surface area contributed by atoms with Crippen LogP contribution in [-0.2, 0) is 11.3 Å². The van der Waals surface area contributed by atoms with Crippen molar-refractivity contribution in [3.05, 3.63) is 46.3 Å². The summed E-state index contributed by atoms with van der Waals surface area (Å²) in [5.74, 6) is -0.782. The van der Waals surface area contributed by atoms with Gasteiger partial charge in [-0.15, -0.1) is 11.3 Å². The van der Waals surface area contributed by atoms with Crippen LogP contribution in [0.3, 0.4) is 0 Å². The molecule has 1 heterocycles. The molecule has 1 aromatic heterocycles. The fraction of sp³-hybridized carbons (Fsp3) is 0.312. The summed E-state index contributed by atoms with van der Waals surface area (Å²) in [6, 6.07) is 11.9. The second-order valence-electron chi connectivity index (χ2n) is 4.88. The Kier molecular flexibility index (Phi) is 5.79. The number of rotatable bonds is 7. The number of carboxylic acid groups (broad SMARTS) is 1. The lowest BCUT2D eigenvalue weighted by Gasteiger charge is -2.18. The molecule has 2 aromatic rings. The maximum atomic E-state index is 10.9. The van der Waals surface area contributed by atoms with E-state index < -0.39 is 5.97 Å². The van der Waals surface area contributed by atoms with Gasteiger partial charge in [-0.1, -0.05) is 30.7 Å². The molecule has 0 aliphatic heterocycles. The number of thiophene rings is 1. The van der Waals surface area contributed by atoms with Crippen molar-refractivity contribution in [1.82, 2.24) is 4.90 Å². The van der Waals surface area contributed by atoms with Gasteiger partial charge in [-0.05, 0) is 42.8 Å². The van der Waals surface area contributed by atoms with Gasteiger partial charge in [-0.3, -0.25) is 9.69 Å². The lowest BCUT2D eigenvalue weighted by atomic mass is 10.2. The van der Waals surface area contributed by atoms with E-state index in [1.165, 1.54) is 4.88 Å². The second-order valence-corrected chi connectivity index (χ2v) is 6.49. The van der Waals surface area contributed by atoms with Crippen LogP contribution in [0.15, 0.2) is 36.4 Å². The van der Waals surface area contributed by atoms with E-state index in [-0.39, 0.29) is 6.54 Å². The van der Waals surface area contributed by atoms with Crippen LogP contribution in [0.2, 0.25) is 5.02 Å². The molecule has 0 aliphatic rings. The molecule has 21 heavy (non-hydrogen) atoms. The summed E-state index contributed by atoms with van der Waals surface area (Å²) < 4.78 is 0. The summed E-state index contributed by atoms with van der Waals surface area (Å²) in [5, 5.41) is 9.67. The molecule has 0 unspecified atom stereocenters. The number of hydrogen-bond donors (Lipinski definition) is 1. The molecule has 0 radical (unpaired) electrons. The molecule has 1 N–H and O–H groups in total. The van der Waals surface area contributed by atoms with Gasteiger partial charge >= 0.3 is 5.97 Å². The van der Waals surface area contributed by atoms with E-state index >= 15 is 0 Å². The molecule has 0 saturated heterocycles. The summed E-state index contributed by atoms with van der Waals surface area (Å²) >= 11 is 7.70. The Bertz CT molecular complexity index is 612. The zero-order valence-electron chi connectivity index (χ0n) is 11.9. The Hall–Kier alpha value is -1.36. The van der Waals surface area contributed by atoms with Crippen LogP contribution in [0, 0.1) is 0 Å². The summed E-state index contributed by atoms with van der Waals surface area (Å²) in [6.45, 7) is 3.60. The average molecular weight is 324 g/mol. The standard InChI is InChI=1S/C16H18ClNO2S/c1-2-8-18(11-16(19)20)10-14-6-7-15(21-14)12-4-3-5-13(17)9-12/h3-7,9H,2,8,10-11H2,1H3,(H,19,20). The molecule has 0 spiro atoms. The minimum Gasteiger partial charge on any atom is -0.480 e. The number of carboxylic acids is 1. The number of carbonyl (C=O) groups is 1. The highest BCUT2D eigenvalue weighted by molar-refractivity contribution is 7.15. The average Bonchev–Trinajstić information content (AvgIpc) is 2.87. The van der Waals surface area contributed by atoms with Crippen molar-refractivity contribution in [2.75, 3.05) is 13.1 Å². The van der Waals surface area contributed by atoms with Crippen molar-refractivity contribution in [3.8, 4) is 10.4 Å². The highest BCUT2D eigenvalue weighted by Gasteiger charge is 2.11. The third-order valence-corrected chi connectivity index (χ3v) is 4.40. The van der Waals surface area contributed by atoms with Crippen molar-refractivity contribution in [2.45, 2.75) is 19.9 Å². The minimum absolute atomic E-state index is 0.0816. The van der Waals surface area contributed by atoms with Crippen LogP contribution < -0.4 is 0 Å². The Morgan fingerprint density at radius 3 is 2.81 bits per heavy atom. The SMILES string of the molecule is CCCN(CC(=O)O)Cc1ccc(-c2cccc(Cl)c2)s1. The summed E-state index contributed by atoms with van der Waals surface area (Å²) in [5.41, 5.74) is 1.10. The molecule has 3 nitrogen and oxygen atoms in total. The molecule has 0 amide bonds. The van der Waals surface area contributed by atoms with Gasteiger partial charge in [0.2, 0.25) is 0 Å². The van der Waals surface area contributed by atoms with Gasteiger partial charge in [0.1, 0.15) is 0 Å². The van der Waals surface area contributed by atoms with Crippen LogP contribution in [0.5, 0.6) is 0 Å². The molecular formula is C16H18ClNO2S. The maximum Gasteiger partial charge on any atom is 0.317 e. The normalized spacial score (nSPS) is 11.0. The number of halogens is 1. The fourth-order valence-electron chi connectivity index (χ4n) is 2.20.